The van der Waals surface area contributed by atoms with Gasteiger partial charge in [0.25, 0.3) is 0 Å². The van der Waals surface area contributed by atoms with Crippen LogP contribution in [0.5, 0.6) is 0 Å². The first kappa shape index (κ1) is 9.09. The highest BCUT2D eigenvalue weighted by Gasteiger charge is 2.26. The molecule has 1 aliphatic carbocycles. The van der Waals surface area contributed by atoms with E-state index in [4.69, 9.17) is 0 Å². The third kappa shape index (κ3) is 2.21. The summed E-state index contributed by atoms with van der Waals surface area (Å²) in [5.41, 5.74) is 0. The average molecular weight is 153 g/mol. The van der Waals surface area contributed by atoms with Crippen LogP contribution in [0.15, 0.2) is 0 Å². The van der Waals surface area contributed by atoms with Crippen molar-refractivity contribution in [2.45, 2.75) is 40.0 Å². The van der Waals surface area contributed by atoms with E-state index in [-0.39, 0.29) is 0 Å². The third-order valence-corrected chi connectivity index (χ3v) is 3.16. The predicted molar refractivity (Wildman–Crippen MR) is 50.2 cm³/mol. The van der Waals surface area contributed by atoms with E-state index in [0.29, 0.717) is 0 Å². The van der Waals surface area contributed by atoms with Crippen molar-refractivity contribution in [3.8, 4) is 0 Å². The van der Waals surface area contributed by atoms with Crippen LogP contribution in [0.4, 0.5) is 0 Å². The van der Waals surface area contributed by atoms with Gasteiger partial charge in [0.05, 0.1) is 0 Å². The second-order valence-corrected chi connectivity index (χ2v) is 4.59. The van der Waals surface area contributed by atoms with Crippen LogP contribution < -0.4 is 0 Å². The van der Waals surface area contributed by atoms with E-state index in [9.17, 15) is 0 Å². The van der Waals surface area contributed by atoms with Crippen molar-refractivity contribution in [1.82, 2.24) is 0 Å². The van der Waals surface area contributed by atoms with Crippen LogP contribution in [-0.2, 0) is 0 Å². The fourth-order valence-electron chi connectivity index (χ4n) is 2.40. The third-order valence-electron chi connectivity index (χ3n) is 3.16. The maximum atomic E-state index is 4.25. The van der Waals surface area contributed by atoms with Gasteiger partial charge in [-0.1, -0.05) is 27.2 Å². The van der Waals surface area contributed by atoms with Crippen LogP contribution in [0.25, 0.3) is 0 Å². The predicted octanol–water partition coefficient (Wildman–Crippen LogP) is 3.53. The van der Waals surface area contributed by atoms with Gasteiger partial charge in [0.1, 0.15) is 0 Å². The van der Waals surface area contributed by atoms with Crippen LogP contribution in [0, 0.1) is 30.6 Å². The van der Waals surface area contributed by atoms with Gasteiger partial charge in [0.15, 0.2) is 0 Å². The molecule has 0 aliphatic heterocycles. The first-order valence-corrected chi connectivity index (χ1v) is 4.94. The molecule has 1 fully saturated rings. The lowest BCUT2D eigenvalue weighted by Gasteiger charge is -2.35. The molecule has 0 aromatic heterocycles. The lowest BCUT2D eigenvalue weighted by molar-refractivity contribution is 0.177. The fraction of sp³-hybridized carbons (Fsp3) is 0.909. The molecule has 3 unspecified atom stereocenters. The van der Waals surface area contributed by atoms with E-state index in [1.807, 2.05) is 0 Å². The lowest BCUT2D eigenvalue weighted by Crippen LogP contribution is -2.25. The molecule has 65 valence electrons. The molecule has 0 heterocycles. The van der Waals surface area contributed by atoms with E-state index in [1.165, 1.54) is 19.3 Å². The second-order valence-electron chi connectivity index (χ2n) is 4.59. The largest absolute Gasteiger partial charge is 0.0625 e. The lowest BCUT2D eigenvalue weighted by atomic mass is 9.71. The minimum Gasteiger partial charge on any atom is -0.0625 e. The Morgan fingerprint density at radius 1 is 1.27 bits per heavy atom. The molecule has 0 amide bonds. The Kier molecular flexibility index (Phi) is 2.98. The highest BCUT2D eigenvalue weighted by atomic mass is 14.3. The summed E-state index contributed by atoms with van der Waals surface area (Å²) >= 11 is 0. The highest BCUT2D eigenvalue weighted by Crippen LogP contribution is 2.37. The van der Waals surface area contributed by atoms with Gasteiger partial charge in [-0.3, -0.25) is 0 Å². The molecule has 0 heteroatoms. The molecule has 11 heavy (non-hydrogen) atoms. The highest BCUT2D eigenvalue weighted by molar-refractivity contribution is 4.81. The van der Waals surface area contributed by atoms with E-state index in [1.54, 1.807) is 0 Å². The molecule has 1 aliphatic rings. The second kappa shape index (κ2) is 3.60. The molecule has 0 spiro atoms. The minimum absolute atomic E-state index is 0.721. The molecule has 1 saturated carbocycles. The average Bonchev–Trinajstić information content (AvgIpc) is 1.85. The first-order valence-electron chi connectivity index (χ1n) is 4.94. The van der Waals surface area contributed by atoms with Gasteiger partial charge in [-0.25, -0.2) is 0 Å². The molecule has 0 aromatic rings. The SMILES string of the molecule is [CH2]C1CC(C)CCC1C(C)C. The first-order chi connectivity index (χ1) is 5.11. The zero-order valence-corrected chi connectivity index (χ0v) is 8.14. The van der Waals surface area contributed by atoms with Gasteiger partial charge < -0.3 is 0 Å². The van der Waals surface area contributed by atoms with Crippen LogP contribution in [0.3, 0.4) is 0 Å². The minimum atomic E-state index is 0.721. The fourth-order valence-corrected chi connectivity index (χ4v) is 2.40. The van der Waals surface area contributed by atoms with Gasteiger partial charge in [-0.05, 0) is 43.4 Å². The zero-order valence-electron chi connectivity index (χ0n) is 8.14. The molecule has 1 radical (unpaired) electrons. The van der Waals surface area contributed by atoms with Crippen LogP contribution >= 0.6 is 0 Å². The van der Waals surface area contributed by atoms with Crippen molar-refractivity contribution in [1.29, 1.82) is 0 Å². The van der Waals surface area contributed by atoms with E-state index < -0.39 is 0 Å². The molecule has 0 N–H and O–H groups in total. The summed E-state index contributed by atoms with van der Waals surface area (Å²) < 4.78 is 0. The Bertz CT molecular complexity index is 115. The van der Waals surface area contributed by atoms with Gasteiger partial charge in [0.2, 0.25) is 0 Å². The summed E-state index contributed by atoms with van der Waals surface area (Å²) in [6, 6.07) is 0. The Morgan fingerprint density at radius 2 is 1.91 bits per heavy atom. The monoisotopic (exact) mass is 153 g/mol. The molecule has 0 nitrogen and oxygen atoms in total. The number of rotatable bonds is 1. The Morgan fingerprint density at radius 3 is 2.36 bits per heavy atom. The quantitative estimate of drug-likeness (QED) is 0.540. The summed E-state index contributed by atoms with van der Waals surface area (Å²) in [5, 5.41) is 0. The van der Waals surface area contributed by atoms with Crippen molar-refractivity contribution in [3.05, 3.63) is 6.92 Å². The molecular weight excluding hydrogens is 132 g/mol. The van der Waals surface area contributed by atoms with Crippen molar-refractivity contribution >= 4 is 0 Å². The van der Waals surface area contributed by atoms with E-state index >= 15 is 0 Å². The molecule has 1 rings (SSSR count). The van der Waals surface area contributed by atoms with Crippen molar-refractivity contribution in [2.75, 3.05) is 0 Å². The summed E-state index contributed by atoms with van der Waals surface area (Å²) in [6.45, 7) is 11.3. The number of hydrogen-bond donors (Lipinski definition) is 0. The van der Waals surface area contributed by atoms with Crippen LogP contribution in [0.2, 0.25) is 0 Å². The molecule has 0 aromatic carbocycles. The Balaban J connectivity index is 2.44. The molecule has 3 atom stereocenters. The van der Waals surface area contributed by atoms with Gasteiger partial charge in [0, 0.05) is 0 Å². The van der Waals surface area contributed by atoms with Crippen molar-refractivity contribution < 1.29 is 0 Å². The van der Waals surface area contributed by atoms with Gasteiger partial charge in [-0.2, -0.15) is 0 Å². The van der Waals surface area contributed by atoms with Crippen molar-refractivity contribution in [2.24, 2.45) is 23.7 Å². The van der Waals surface area contributed by atoms with Gasteiger partial charge >= 0.3 is 0 Å². The summed E-state index contributed by atoms with van der Waals surface area (Å²) in [4.78, 5) is 0. The maximum absolute atomic E-state index is 4.25. The summed E-state index contributed by atoms with van der Waals surface area (Å²) in [7, 11) is 0. The van der Waals surface area contributed by atoms with Crippen LogP contribution in [0.1, 0.15) is 40.0 Å². The zero-order chi connectivity index (χ0) is 8.43. The van der Waals surface area contributed by atoms with Crippen molar-refractivity contribution in [3.63, 3.8) is 0 Å². The summed E-state index contributed by atoms with van der Waals surface area (Å²) in [6.07, 6.45) is 4.19. The Labute approximate surface area is 71.4 Å². The van der Waals surface area contributed by atoms with Gasteiger partial charge in [-0.15, -0.1) is 0 Å². The standard InChI is InChI=1S/C11H21/c1-8(2)11-6-5-9(3)7-10(11)4/h8-11H,4-7H2,1-3H3. The van der Waals surface area contributed by atoms with Crippen LogP contribution in [-0.4, -0.2) is 0 Å². The molecule has 0 bridgehead atoms. The molecular formula is C11H21. The smallest absolute Gasteiger partial charge is 0.0362 e. The van der Waals surface area contributed by atoms with E-state index in [0.717, 1.165) is 23.7 Å². The maximum Gasteiger partial charge on any atom is -0.0362 e. The Hall–Kier alpha value is 0. The normalized spacial score (nSPS) is 39.5. The molecule has 0 saturated heterocycles. The summed E-state index contributed by atoms with van der Waals surface area (Å²) in [5.74, 6) is 3.38. The topological polar surface area (TPSA) is 0 Å². The number of hydrogen-bond acceptors (Lipinski definition) is 0. The van der Waals surface area contributed by atoms with E-state index in [2.05, 4.69) is 27.7 Å².